The summed E-state index contributed by atoms with van der Waals surface area (Å²) in [7, 11) is 0. The highest BCUT2D eigenvalue weighted by Crippen LogP contribution is 2.21. The molecule has 1 rings (SSSR count). The lowest BCUT2D eigenvalue weighted by Crippen LogP contribution is -2.37. The van der Waals surface area contributed by atoms with Crippen LogP contribution < -0.4 is 11.1 Å². The summed E-state index contributed by atoms with van der Waals surface area (Å²) in [5.74, 6) is -1.46. The number of nitrogens with two attached hydrogens (primary N) is 1. The van der Waals surface area contributed by atoms with Crippen LogP contribution >= 0.6 is 12.2 Å². The highest BCUT2D eigenvalue weighted by atomic mass is 32.1. The lowest BCUT2D eigenvalue weighted by atomic mass is 9.94. The van der Waals surface area contributed by atoms with Gasteiger partial charge in [0.15, 0.2) is 0 Å². The van der Waals surface area contributed by atoms with E-state index in [-0.39, 0.29) is 22.5 Å². The van der Waals surface area contributed by atoms with Gasteiger partial charge >= 0.3 is 0 Å². The molecule has 0 aliphatic rings. The lowest BCUT2D eigenvalue weighted by Gasteiger charge is -2.19. The molecule has 0 radical (unpaired) electrons. The number of amides is 1. The number of aryl methyl sites for hydroxylation is 1. The van der Waals surface area contributed by atoms with Crippen LogP contribution in [0.4, 0.5) is 10.1 Å². The van der Waals surface area contributed by atoms with Crippen molar-refractivity contribution in [3.8, 4) is 0 Å². The summed E-state index contributed by atoms with van der Waals surface area (Å²) in [4.78, 5) is 12.2. The van der Waals surface area contributed by atoms with E-state index in [0.29, 0.717) is 5.56 Å². The van der Waals surface area contributed by atoms with Crippen molar-refractivity contribution in [2.75, 3.05) is 5.32 Å². The standard InChI is InChI=1S/C13H17FN2OS/c1-7(2)10(12(15)18)13(17)16-11-8(3)5-4-6-9(11)14/h4-7,10H,1-3H3,(H2,15,18)(H,16,17). The molecule has 1 aromatic rings. The molecule has 0 bridgehead atoms. The van der Waals surface area contributed by atoms with Gasteiger partial charge in [-0.1, -0.05) is 38.2 Å². The van der Waals surface area contributed by atoms with Gasteiger partial charge in [0.05, 0.1) is 16.6 Å². The van der Waals surface area contributed by atoms with Gasteiger partial charge in [-0.3, -0.25) is 4.79 Å². The smallest absolute Gasteiger partial charge is 0.234 e. The van der Waals surface area contributed by atoms with Crippen LogP contribution in [0.1, 0.15) is 19.4 Å². The van der Waals surface area contributed by atoms with Crippen molar-refractivity contribution in [3.63, 3.8) is 0 Å². The lowest BCUT2D eigenvalue weighted by molar-refractivity contribution is -0.118. The largest absolute Gasteiger partial charge is 0.393 e. The molecular formula is C13H17FN2OS. The van der Waals surface area contributed by atoms with E-state index < -0.39 is 11.7 Å². The summed E-state index contributed by atoms with van der Waals surface area (Å²) < 4.78 is 13.6. The predicted octanol–water partition coefficient (Wildman–Crippen LogP) is 2.63. The molecular weight excluding hydrogens is 251 g/mol. The Morgan fingerprint density at radius 2 is 2.06 bits per heavy atom. The number of carbonyl (C=O) groups excluding carboxylic acids is 1. The third-order valence-corrected chi connectivity index (χ3v) is 2.98. The highest BCUT2D eigenvalue weighted by Gasteiger charge is 2.26. The number of rotatable bonds is 4. The molecule has 3 N–H and O–H groups in total. The zero-order chi connectivity index (χ0) is 13.9. The highest BCUT2D eigenvalue weighted by molar-refractivity contribution is 7.80. The van der Waals surface area contributed by atoms with Crippen molar-refractivity contribution in [1.29, 1.82) is 0 Å². The summed E-state index contributed by atoms with van der Waals surface area (Å²) in [6.07, 6.45) is 0. The fourth-order valence-electron chi connectivity index (χ4n) is 1.75. The van der Waals surface area contributed by atoms with E-state index >= 15 is 0 Å². The van der Waals surface area contributed by atoms with Gasteiger partial charge in [0.2, 0.25) is 5.91 Å². The Morgan fingerprint density at radius 3 is 2.50 bits per heavy atom. The van der Waals surface area contributed by atoms with Gasteiger partial charge in [-0.15, -0.1) is 0 Å². The molecule has 1 atom stereocenters. The second-order valence-corrected chi connectivity index (χ2v) is 5.02. The number of hydrogen-bond donors (Lipinski definition) is 2. The fourth-order valence-corrected chi connectivity index (χ4v) is 2.13. The maximum absolute atomic E-state index is 13.6. The van der Waals surface area contributed by atoms with Gasteiger partial charge in [0.25, 0.3) is 0 Å². The Kier molecular flexibility index (Phi) is 4.78. The number of hydrogen-bond acceptors (Lipinski definition) is 2. The minimum Gasteiger partial charge on any atom is -0.393 e. The Hall–Kier alpha value is -1.49. The van der Waals surface area contributed by atoms with Gasteiger partial charge in [-0.05, 0) is 24.5 Å². The first-order valence-corrected chi connectivity index (χ1v) is 6.10. The Labute approximate surface area is 112 Å². The normalized spacial score (nSPS) is 12.3. The number of thiocarbonyl (C=S) groups is 1. The average Bonchev–Trinajstić information content (AvgIpc) is 2.22. The van der Waals surface area contributed by atoms with E-state index in [2.05, 4.69) is 5.32 Å². The Balaban J connectivity index is 2.97. The molecule has 3 nitrogen and oxygen atoms in total. The fraction of sp³-hybridized carbons (Fsp3) is 0.385. The van der Waals surface area contributed by atoms with E-state index in [0.717, 1.165) is 0 Å². The molecule has 0 heterocycles. The third-order valence-electron chi connectivity index (χ3n) is 2.73. The van der Waals surface area contributed by atoms with Crippen molar-refractivity contribution in [2.24, 2.45) is 17.6 Å². The molecule has 0 saturated carbocycles. The van der Waals surface area contributed by atoms with Crippen LogP contribution in [-0.4, -0.2) is 10.9 Å². The Bertz CT molecular complexity index is 454. The molecule has 18 heavy (non-hydrogen) atoms. The van der Waals surface area contributed by atoms with Crippen molar-refractivity contribution in [1.82, 2.24) is 0 Å². The van der Waals surface area contributed by atoms with Crippen molar-refractivity contribution >= 4 is 28.8 Å². The SMILES string of the molecule is Cc1cccc(F)c1NC(=O)C(C(N)=S)C(C)C. The minimum absolute atomic E-state index is 0.0328. The zero-order valence-corrected chi connectivity index (χ0v) is 11.5. The first-order chi connectivity index (χ1) is 8.34. The van der Waals surface area contributed by atoms with Gasteiger partial charge in [0, 0.05) is 0 Å². The number of halogens is 1. The molecule has 5 heteroatoms. The number of anilines is 1. The van der Waals surface area contributed by atoms with Crippen molar-refractivity contribution in [2.45, 2.75) is 20.8 Å². The summed E-state index contributed by atoms with van der Waals surface area (Å²) >= 11 is 4.87. The van der Waals surface area contributed by atoms with Crippen molar-refractivity contribution < 1.29 is 9.18 Å². The first-order valence-electron chi connectivity index (χ1n) is 5.70. The van der Waals surface area contributed by atoms with Crippen LogP contribution in [0.3, 0.4) is 0 Å². The summed E-state index contributed by atoms with van der Waals surface area (Å²) in [6, 6.07) is 4.62. The van der Waals surface area contributed by atoms with Crippen LogP contribution in [0.25, 0.3) is 0 Å². The summed E-state index contributed by atoms with van der Waals surface area (Å²) in [5, 5.41) is 2.56. The Morgan fingerprint density at radius 1 is 1.44 bits per heavy atom. The molecule has 0 aromatic heterocycles. The van der Waals surface area contributed by atoms with Crippen LogP contribution in [-0.2, 0) is 4.79 Å². The topological polar surface area (TPSA) is 55.1 Å². The third kappa shape index (κ3) is 3.26. The molecule has 98 valence electrons. The molecule has 0 fully saturated rings. The second-order valence-electron chi connectivity index (χ2n) is 4.55. The van der Waals surface area contributed by atoms with E-state index in [9.17, 15) is 9.18 Å². The summed E-state index contributed by atoms with van der Waals surface area (Å²) in [5.41, 5.74) is 6.39. The number of benzene rings is 1. The van der Waals surface area contributed by atoms with Crippen LogP contribution in [0.2, 0.25) is 0 Å². The molecule has 0 saturated heterocycles. The first kappa shape index (κ1) is 14.6. The van der Waals surface area contributed by atoms with Gasteiger partial charge in [-0.25, -0.2) is 4.39 Å². The maximum Gasteiger partial charge on any atom is 0.234 e. The average molecular weight is 268 g/mol. The minimum atomic E-state index is -0.598. The quantitative estimate of drug-likeness (QED) is 0.825. The predicted molar refractivity (Wildman–Crippen MR) is 74.9 cm³/mol. The maximum atomic E-state index is 13.6. The van der Waals surface area contributed by atoms with Crippen LogP contribution in [0, 0.1) is 24.6 Å². The van der Waals surface area contributed by atoms with E-state index in [1.54, 1.807) is 19.1 Å². The molecule has 0 aliphatic heterocycles. The van der Waals surface area contributed by atoms with Gasteiger partial charge in [0.1, 0.15) is 5.82 Å². The molecule has 0 aliphatic carbocycles. The monoisotopic (exact) mass is 268 g/mol. The number of para-hydroxylation sites is 1. The van der Waals surface area contributed by atoms with Gasteiger partial charge in [-0.2, -0.15) is 0 Å². The van der Waals surface area contributed by atoms with Crippen LogP contribution in [0.5, 0.6) is 0 Å². The molecule has 1 amide bonds. The van der Waals surface area contributed by atoms with E-state index in [1.807, 2.05) is 13.8 Å². The molecule has 0 spiro atoms. The molecule has 1 aromatic carbocycles. The van der Waals surface area contributed by atoms with Gasteiger partial charge < -0.3 is 11.1 Å². The van der Waals surface area contributed by atoms with E-state index in [1.165, 1.54) is 6.07 Å². The van der Waals surface area contributed by atoms with Crippen LogP contribution in [0.15, 0.2) is 18.2 Å². The number of carbonyl (C=O) groups is 1. The summed E-state index contributed by atoms with van der Waals surface area (Å²) in [6.45, 7) is 5.42. The second kappa shape index (κ2) is 5.91. The number of nitrogens with one attached hydrogen (secondary N) is 1. The zero-order valence-electron chi connectivity index (χ0n) is 10.7. The molecule has 1 unspecified atom stereocenters. The van der Waals surface area contributed by atoms with E-state index in [4.69, 9.17) is 18.0 Å². The van der Waals surface area contributed by atoms with Crippen molar-refractivity contribution in [3.05, 3.63) is 29.6 Å².